The van der Waals surface area contributed by atoms with E-state index in [0.29, 0.717) is 25.9 Å². The van der Waals surface area contributed by atoms with Crippen LogP contribution in [0.4, 0.5) is 0 Å². The summed E-state index contributed by atoms with van der Waals surface area (Å²) in [4.78, 5) is 29.1. The van der Waals surface area contributed by atoms with Crippen molar-refractivity contribution in [1.29, 1.82) is 0 Å². The minimum absolute atomic E-state index is 0.00672. The Morgan fingerprint density at radius 1 is 1.45 bits per heavy atom. The largest absolute Gasteiger partial charge is 0.465 e. The molecule has 1 unspecified atom stereocenters. The lowest BCUT2D eigenvalue weighted by Crippen LogP contribution is -2.45. The number of pyridine rings is 1. The smallest absolute Gasteiger partial charge is 0.320 e. The molecule has 1 heterocycles. The molecule has 1 aliphatic rings. The van der Waals surface area contributed by atoms with E-state index in [0.717, 1.165) is 24.1 Å². The molecule has 0 N–H and O–H groups in total. The van der Waals surface area contributed by atoms with Crippen molar-refractivity contribution in [2.24, 2.45) is 5.41 Å². The van der Waals surface area contributed by atoms with Gasteiger partial charge in [0.05, 0.1) is 6.61 Å². The predicted molar refractivity (Wildman–Crippen MR) is 75.2 cm³/mol. The van der Waals surface area contributed by atoms with Crippen molar-refractivity contribution in [2.75, 3.05) is 6.61 Å². The van der Waals surface area contributed by atoms with E-state index >= 15 is 0 Å². The van der Waals surface area contributed by atoms with Crippen LogP contribution in [0.1, 0.15) is 43.9 Å². The number of ketones is 1. The number of hydrogen-bond acceptors (Lipinski definition) is 4. The second-order valence-corrected chi connectivity index (χ2v) is 5.38. The first kappa shape index (κ1) is 14.7. The second-order valence-electron chi connectivity index (χ2n) is 5.38. The van der Waals surface area contributed by atoms with E-state index in [1.807, 2.05) is 19.1 Å². The number of ether oxygens (including phenoxy) is 1. The predicted octanol–water partition coefficient (Wildman–Crippen LogP) is 2.63. The zero-order valence-corrected chi connectivity index (χ0v) is 12.1. The summed E-state index contributed by atoms with van der Waals surface area (Å²) >= 11 is 0. The third-order valence-corrected chi connectivity index (χ3v) is 4.04. The number of aryl methyl sites for hydroxylation is 1. The lowest BCUT2D eigenvalue weighted by molar-refractivity contribution is -0.162. The topological polar surface area (TPSA) is 56.3 Å². The van der Waals surface area contributed by atoms with Crippen molar-refractivity contribution in [3.8, 4) is 0 Å². The highest BCUT2D eigenvalue weighted by molar-refractivity contribution is 6.04. The van der Waals surface area contributed by atoms with Crippen molar-refractivity contribution in [3.63, 3.8) is 0 Å². The van der Waals surface area contributed by atoms with Crippen LogP contribution < -0.4 is 0 Å². The van der Waals surface area contributed by atoms with Crippen molar-refractivity contribution >= 4 is 11.8 Å². The van der Waals surface area contributed by atoms with E-state index in [1.54, 1.807) is 13.1 Å². The molecule has 4 nitrogen and oxygen atoms in total. The molecule has 0 amide bonds. The molecule has 0 radical (unpaired) electrons. The summed E-state index contributed by atoms with van der Waals surface area (Å²) in [5.41, 5.74) is 0.804. The number of rotatable bonds is 4. The van der Waals surface area contributed by atoms with Crippen LogP contribution in [-0.2, 0) is 20.7 Å². The molecule has 0 saturated heterocycles. The lowest BCUT2D eigenvalue weighted by Gasteiger charge is -2.33. The van der Waals surface area contributed by atoms with Crippen LogP contribution in [-0.4, -0.2) is 23.3 Å². The quantitative estimate of drug-likeness (QED) is 0.626. The average molecular weight is 275 g/mol. The molecule has 1 aromatic heterocycles. The molecule has 0 spiro atoms. The van der Waals surface area contributed by atoms with E-state index in [1.165, 1.54) is 0 Å². The fraction of sp³-hybridized carbons (Fsp3) is 0.562. The monoisotopic (exact) mass is 275 g/mol. The summed E-state index contributed by atoms with van der Waals surface area (Å²) in [7, 11) is 0. The van der Waals surface area contributed by atoms with Crippen LogP contribution >= 0.6 is 0 Å². The summed E-state index contributed by atoms with van der Waals surface area (Å²) in [6.07, 6.45) is 4.84. The Morgan fingerprint density at radius 2 is 2.25 bits per heavy atom. The van der Waals surface area contributed by atoms with Gasteiger partial charge in [0.15, 0.2) is 5.78 Å². The van der Waals surface area contributed by atoms with Gasteiger partial charge in [0.1, 0.15) is 5.41 Å². The molecule has 0 aromatic carbocycles. The zero-order valence-electron chi connectivity index (χ0n) is 12.1. The molecule has 20 heavy (non-hydrogen) atoms. The number of hydrogen-bond donors (Lipinski definition) is 0. The highest BCUT2D eigenvalue weighted by Crippen LogP contribution is 2.38. The number of aromatic nitrogens is 1. The van der Waals surface area contributed by atoms with Crippen LogP contribution in [0.3, 0.4) is 0 Å². The number of Topliss-reactive ketones (excluding diaryl/α,β-unsaturated/α-hetero) is 1. The molecule has 0 bridgehead atoms. The van der Waals surface area contributed by atoms with E-state index in [-0.39, 0.29) is 11.8 Å². The molecule has 108 valence electrons. The van der Waals surface area contributed by atoms with E-state index < -0.39 is 5.41 Å². The van der Waals surface area contributed by atoms with Gasteiger partial charge in [-0.3, -0.25) is 14.6 Å². The minimum atomic E-state index is -1.02. The van der Waals surface area contributed by atoms with E-state index in [2.05, 4.69) is 4.98 Å². The Bertz CT molecular complexity index is 512. The Labute approximate surface area is 119 Å². The summed E-state index contributed by atoms with van der Waals surface area (Å²) in [6.45, 7) is 4.02. The molecular weight excluding hydrogens is 254 g/mol. The second kappa shape index (κ2) is 6.16. The summed E-state index contributed by atoms with van der Waals surface area (Å²) < 4.78 is 5.18. The fourth-order valence-electron chi connectivity index (χ4n) is 2.82. The van der Waals surface area contributed by atoms with Gasteiger partial charge < -0.3 is 4.74 Å². The van der Waals surface area contributed by atoms with Crippen molar-refractivity contribution < 1.29 is 14.3 Å². The Morgan fingerprint density at radius 3 is 2.90 bits per heavy atom. The SMILES string of the molecule is CCOC(=O)C1(Cc2ncccc2C)CCCCC1=O. The normalized spacial score (nSPS) is 22.6. The number of carbonyl (C=O) groups excluding carboxylic acids is 2. The lowest BCUT2D eigenvalue weighted by atomic mass is 9.69. The third-order valence-electron chi connectivity index (χ3n) is 4.04. The molecule has 1 saturated carbocycles. The average Bonchev–Trinajstić information content (AvgIpc) is 2.44. The van der Waals surface area contributed by atoms with Gasteiger partial charge in [-0.15, -0.1) is 0 Å². The van der Waals surface area contributed by atoms with Crippen LogP contribution in [0.25, 0.3) is 0 Å². The summed E-state index contributed by atoms with van der Waals surface area (Å²) in [5, 5.41) is 0. The Kier molecular flexibility index (Phi) is 4.53. The first-order valence-corrected chi connectivity index (χ1v) is 7.21. The molecule has 1 aliphatic carbocycles. The van der Waals surface area contributed by atoms with Gasteiger partial charge in [-0.25, -0.2) is 0 Å². The van der Waals surface area contributed by atoms with E-state index in [4.69, 9.17) is 4.74 Å². The van der Waals surface area contributed by atoms with Crippen LogP contribution in [0, 0.1) is 12.3 Å². The van der Waals surface area contributed by atoms with Gasteiger partial charge in [0.25, 0.3) is 0 Å². The van der Waals surface area contributed by atoms with E-state index in [9.17, 15) is 9.59 Å². The maximum absolute atomic E-state index is 12.4. The first-order valence-electron chi connectivity index (χ1n) is 7.21. The highest BCUT2D eigenvalue weighted by Gasteiger charge is 2.48. The number of carbonyl (C=O) groups is 2. The van der Waals surface area contributed by atoms with Crippen LogP contribution in [0.15, 0.2) is 18.3 Å². The standard InChI is InChI=1S/C16H21NO3/c1-3-20-15(19)16(9-5-4-8-14(16)18)11-13-12(2)7-6-10-17-13/h6-7,10H,3-5,8-9,11H2,1-2H3. The molecule has 4 heteroatoms. The van der Waals surface area contributed by atoms with Gasteiger partial charge in [0, 0.05) is 24.7 Å². The van der Waals surface area contributed by atoms with Gasteiger partial charge in [-0.2, -0.15) is 0 Å². The third kappa shape index (κ3) is 2.74. The molecule has 2 rings (SSSR count). The van der Waals surface area contributed by atoms with Crippen molar-refractivity contribution in [3.05, 3.63) is 29.6 Å². The molecule has 0 aliphatic heterocycles. The highest BCUT2D eigenvalue weighted by atomic mass is 16.5. The molecular formula is C16H21NO3. The van der Waals surface area contributed by atoms with Crippen LogP contribution in [0.2, 0.25) is 0 Å². The van der Waals surface area contributed by atoms with Gasteiger partial charge in [-0.1, -0.05) is 12.5 Å². The van der Waals surface area contributed by atoms with Crippen molar-refractivity contribution in [1.82, 2.24) is 4.98 Å². The van der Waals surface area contributed by atoms with Crippen molar-refractivity contribution in [2.45, 2.75) is 46.0 Å². The Hall–Kier alpha value is -1.71. The fourth-order valence-corrected chi connectivity index (χ4v) is 2.82. The Balaban J connectivity index is 2.34. The molecule has 1 aromatic rings. The first-order chi connectivity index (χ1) is 9.60. The zero-order chi connectivity index (χ0) is 14.6. The maximum atomic E-state index is 12.4. The summed E-state index contributed by atoms with van der Waals surface area (Å²) in [6, 6.07) is 3.81. The minimum Gasteiger partial charge on any atom is -0.465 e. The molecule has 1 atom stereocenters. The van der Waals surface area contributed by atoms with Gasteiger partial charge >= 0.3 is 5.97 Å². The number of nitrogens with zero attached hydrogens (tertiary/aromatic N) is 1. The summed E-state index contributed by atoms with van der Waals surface area (Å²) in [5.74, 6) is -0.373. The van der Waals surface area contributed by atoms with Gasteiger partial charge in [-0.05, 0) is 38.3 Å². The van der Waals surface area contributed by atoms with Crippen LogP contribution in [0.5, 0.6) is 0 Å². The molecule has 1 fully saturated rings. The van der Waals surface area contributed by atoms with Gasteiger partial charge in [0.2, 0.25) is 0 Å². The maximum Gasteiger partial charge on any atom is 0.320 e. The number of esters is 1.